The van der Waals surface area contributed by atoms with Crippen LogP contribution in [0, 0.1) is 11.3 Å². The van der Waals surface area contributed by atoms with E-state index in [9.17, 15) is 19.8 Å². The monoisotopic (exact) mass is 1220 g/mol. The van der Waals surface area contributed by atoms with E-state index in [1.54, 1.807) is 66.7 Å². The molecule has 12 atom stereocenters. The molecule has 0 amide bonds. The van der Waals surface area contributed by atoms with Crippen LogP contribution < -0.4 is 18.9 Å². The van der Waals surface area contributed by atoms with Crippen molar-refractivity contribution < 1.29 is 118 Å². The Balaban J connectivity index is 1.23. The Kier molecular flexibility index (Phi) is 30.1. The highest BCUT2D eigenvalue weighted by molar-refractivity contribution is 7.54. The van der Waals surface area contributed by atoms with Gasteiger partial charge in [-0.15, -0.1) is 0 Å². The normalized spacial score (nSPS) is 29.4. The summed E-state index contributed by atoms with van der Waals surface area (Å²) in [4.78, 5) is 27.2. The maximum Gasteiger partial charge on any atom is 0.527 e. The second kappa shape index (κ2) is 37.3. The average Bonchev–Trinajstić information content (AvgIpc) is 3.06. The zero-order valence-corrected chi connectivity index (χ0v) is 47.9. The predicted octanol–water partition coefficient (Wildman–Crippen LogP) is 3.88. The van der Waals surface area contributed by atoms with E-state index in [4.69, 9.17) is 110 Å². The minimum absolute atomic E-state index is 0.00295. The Morgan fingerprint density at radius 1 is 0.561 bits per heavy atom. The van der Waals surface area contributed by atoms with E-state index in [1.807, 2.05) is 6.07 Å². The van der Waals surface area contributed by atoms with Crippen LogP contribution in [0.3, 0.4) is 0 Å². The van der Waals surface area contributed by atoms with Gasteiger partial charge < -0.3 is 90.3 Å². The first-order valence-corrected chi connectivity index (χ1v) is 30.3. The summed E-state index contributed by atoms with van der Waals surface area (Å²) < 4.78 is 142. The van der Waals surface area contributed by atoms with Crippen molar-refractivity contribution in [2.75, 3.05) is 152 Å². The number of halogens is 1. The number of phosphoric ester groups is 2. The number of benzene rings is 3. The number of aliphatic hydroxyl groups is 1. The van der Waals surface area contributed by atoms with Gasteiger partial charge in [0.25, 0.3) is 0 Å². The molecule has 26 nitrogen and oxygen atoms in total. The zero-order chi connectivity index (χ0) is 57.5. The number of nitrogens with zero attached hydrogens (tertiary/aromatic N) is 1. The van der Waals surface area contributed by atoms with E-state index in [0.717, 1.165) is 0 Å². The fourth-order valence-electron chi connectivity index (χ4n) is 8.41. The third kappa shape index (κ3) is 22.8. The summed E-state index contributed by atoms with van der Waals surface area (Å²) in [5, 5.41) is 20.7. The third-order valence-corrected chi connectivity index (χ3v) is 14.9. The molecule has 0 spiro atoms. The molecule has 3 aromatic carbocycles. The van der Waals surface area contributed by atoms with Gasteiger partial charge in [0.2, 0.25) is 12.6 Å². The molecule has 4 aliphatic rings. The first-order valence-electron chi connectivity index (χ1n) is 27.0. The summed E-state index contributed by atoms with van der Waals surface area (Å²) in [5.41, 5.74) is 0. The summed E-state index contributed by atoms with van der Waals surface area (Å²) >= 11 is 6.39. The first-order chi connectivity index (χ1) is 40.1. The lowest BCUT2D eigenvalue weighted by Crippen LogP contribution is -2.63. The summed E-state index contributed by atoms with van der Waals surface area (Å²) in [6, 6.07) is 25.1. The summed E-state index contributed by atoms with van der Waals surface area (Å²) in [6.07, 6.45) is -14.5. The molecule has 3 aromatic rings. The highest BCUT2D eigenvalue weighted by Crippen LogP contribution is 2.57. The topological polar surface area (TPSA) is 298 Å². The Labute approximate surface area is 482 Å². The smallest absolute Gasteiger partial charge is 0.527 e. The van der Waals surface area contributed by atoms with Crippen molar-refractivity contribution in [1.29, 1.82) is 5.26 Å². The fourth-order valence-corrected chi connectivity index (χ4v) is 11.0. The number of hydrogen-bond donors (Lipinski definition) is 2. The molecular weight excluding hydrogens is 1150 g/mol. The van der Waals surface area contributed by atoms with Crippen LogP contribution in [0.5, 0.6) is 17.2 Å². The number of nitriles is 1. The molecule has 29 heteroatoms. The minimum Gasteiger partial charge on any atom is -0.606 e. The molecule has 4 heterocycles. The second-order valence-electron chi connectivity index (χ2n) is 18.0. The van der Waals surface area contributed by atoms with Crippen LogP contribution in [0.2, 0.25) is 5.02 Å². The second-order valence-corrected chi connectivity index (χ2v) is 21.3. The summed E-state index contributed by atoms with van der Waals surface area (Å²) in [7, 11) is -10.4. The molecule has 458 valence electrons. The Bertz CT molecular complexity index is 2290. The highest BCUT2D eigenvalue weighted by atomic mass is 35.5. The van der Waals surface area contributed by atoms with E-state index in [-0.39, 0.29) is 116 Å². The lowest BCUT2D eigenvalue weighted by molar-refractivity contribution is -0.317. The summed E-state index contributed by atoms with van der Waals surface area (Å²) in [6.45, 7) is 1.04. The number of ether oxygens (including phenoxy) is 16. The molecule has 0 aliphatic carbocycles. The van der Waals surface area contributed by atoms with Crippen molar-refractivity contribution in [2.45, 2.75) is 67.8 Å². The number of para-hydroxylation sites is 3. The van der Waals surface area contributed by atoms with Crippen LogP contribution in [-0.2, 0) is 89.0 Å². The van der Waals surface area contributed by atoms with E-state index < -0.39 is 97.2 Å². The Morgan fingerprint density at radius 3 is 1.40 bits per heavy atom. The Hall–Kier alpha value is -3.34. The van der Waals surface area contributed by atoms with Crippen LogP contribution in [0.15, 0.2) is 84.9 Å². The van der Waals surface area contributed by atoms with Crippen molar-refractivity contribution >= 4 is 27.6 Å². The van der Waals surface area contributed by atoms with Crippen LogP contribution in [0.25, 0.3) is 0 Å². The minimum atomic E-state index is -5.27. The molecule has 4 saturated heterocycles. The number of rotatable bonds is 17. The van der Waals surface area contributed by atoms with Crippen LogP contribution in [0.4, 0.5) is 0 Å². The van der Waals surface area contributed by atoms with Gasteiger partial charge in [-0.3, -0.25) is 9.42 Å². The summed E-state index contributed by atoms with van der Waals surface area (Å²) in [5.74, 6) is 0.493. The van der Waals surface area contributed by atoms with E-state index in [0.29, 0.717) is 44.5 Å². The van der Waals surface area contributed by atoms with Crippen molar-refractivity contribution in [3.63, 3.8) is 0 Å². The van der Waals surface area contributed by atoms with Crippen molar-refractivity contribution in [3.8, 4) is 23.3 Å². The van der Waals surface area contributed by atoms with Gasteiger partial charge in [-0.05, 0) is 36.4 Å². The van der Waals surface area contributed by atoms with Gasteiger partial charge in [-0.1, -0.05) is 60.1 Å². The van der Waals surface area contributed by atoms with Crippen LogP contribution >= 0.6 is 27.6 Å². The molecule has 2 unspecified atom stereocenters. The maximum atomic E-state index is 15.6. The maximum absolute atomic E-state index is 15.6. The van der Waals surface area contributed by atoms with Gasteiger partial charge in [-0.2, -0.15) is 18.8 Å². The zero-order valence-electron chi connectivity index (χ0n) is 45.3. The molecule has 7 rings (SSSR count). The largest absolute Gasteiger partial charge is 0.606 e. The Morgan fingerprint density at radius 2 is 0.963 bits per heavy atom. The van der Waals surface area contributed by atoms with Gasteiger partial charge in [0.15, 0.2) is 6.10 Å². The van der Waals surface area contributed by atoms with Crippen molar-refractivity contribution in [3.05, 3.63) is 90.0 Å². The van der Waals surface area contributed by atoms with Gasteiger partial charge in [0.1, 0.15) is 73.2 Å². The first kappa shape index (κ1) is 66.2. The quantitative estimate of drug-likeness (QED) is 0.143. The third-order valence-electron chi connectivity index (χ3n) is 12.2. The molecule has 4 aliphatic heterocycles. The molecule has 2 N–H and O–H groups in total. The number of aliphatic hydroxyl groups excluding tert-OH is 1. The number of phosphoric acid groups is 2. The van der Waals surface area contributed by atoms with Crippen molar-refractivity contribution in [1.82, 2.24) is 0 Å². The predicted molar refractivity (Wildman–Crippen MR) is 285 cm³/mol. The fraction of sp³-hybridized carbons (Fsp3) is 0.642. The average molecular weight is 1220 g/mol. The molecular formula is C53H74ClNO25P2. The molecule has 0 radical (unpaired) electrons. The number of hydrogen-bond acceptors (Lipinski definition) is 25. The van der Waals surface area contributed by atoms with E-state index >= 15 is 4.89 Å². The lowest BCUT2D eigenvalue weighted by Gasteiger charge is -2.46. The standard InChI is InChI=1S/C53H74ClNO25P2/c54-42-14-7-8-15-43(42)78-81(57,58)79-47-45(77-53(75-41-12-5-2-6-13-41)51-49(47)69-35-31-65-27-23-61-19-21-63-25-29-67-33-37-71-51)39-73-82(59,72-17-9-16-55)80-46-44(38-56)76-52(74-40-10-3-1-4-11-40)50-48(46)68-34-30-64-26-22-60-18-20-62-24-28-66-32-36-70-50/h1-8,10-15,44-53,56H,9,17-39H2,(H,57,58)/t44-,45-,46-,47-,48+,49+,50-,51-,52-,53-,82?/m1/s1. The van der Waals surface area contributed by atoms with Crippen molar-refractivity contribution in [2.24, 2.45) is 0 Å². The molecule has 82 heavy (non-hydrogen) atoms. The van der Waals surface area contributed by atoms with Gasteiger partial charge >= 0.3 is 16.0 Å². The van der Waals surface area contributed by atoms with Gasteiger partial charge in [-0.25, -0.2) is 4.57 Å². The molecule has 0 bridgehead atoms. The molecule has 0 aromatic heterocycles. The van der Waals surface area contributed by atoms with Gasteiger partial charge in [0.05, 0.1) is 156 Å². The van der Waals surface area contributed by atoms with Crippen LogP contribution in [0.1, 0.15) is 6.42 Å². The van der Waals surface area contributed by atoms with E-state index in [2.05, 4.69) is 0 Å². The highest BCUT2D eigenvalue weighted by Gasteiger charge is 2.57. The SMILES string of the molecule is N#CCCO[P+]([O-])(OC[C@H]1O[C@@H](Oc2ccccc2)[C@@H]2OCCOCCOCCOCCOCCO[C@H]2[C@@H]1OP(=O)(O)Oc1ccccc1Cl)O[C@H]1[C@@H]2OCCOCCOCCOCCOCCO[C@H]2[C@H](Oc2ccccc2)O[C@@H]1CO. The molecule has 0 saturated carbocycles. The van der Waals surface area contributed by atoms with E-state index in [1.165, 1.54) is 18.2 Å². The molecule has 4 fully saturated rings. The van der Waals surface area contributed by atoms with Gasteiger partial charge in [0, 0.05) is 0 Å². The van der Waals surface area contributed by atoms with Crippen LogP contribution in [-0.4, -0.2) is 223 Å². The lowest BCUT2D eigenvalue weighted by atomic mass is 9.98. The number of fused-ring (bicyclic) bond motifs is 2.